The highest BCUT2D eigenvalue weighted by molar-refractivity contribution is 6.33. The Morgan fingerprint density at radius 1 is 0.939 bits per heavy atom. The molecule has 3 aromatic carbocycles. The predicted octanol–water partition coefficient (Wildman–Crippen LogP) is 4.68. The average Bonchev–Trinajstić information content (AvgIpc) is 3.09. The molecule has 0 atom stereocenters. The van der Waals surface area contributed by atoms with Gasteiger partial charge in [0, 0.05) is 15.6 Å². The third-order valence-electron chi connectivity index (χ3n) is 4.76. The Hall–Kier alpha value is -3.81. The second-order valence-corrected chi connectivity index (χ2v) is 7.76. The van der Waals surface area contributed by atoms with Crippen molar-refractivity contribution in [2.75, 3.05) is 12.1 Å². The van der Waals surface area contributed by atoms with Gasteiger partial charge in [0.1, 0.15) is 22.6 Å². The Morgan fingerprint density at radius 2 is 1.61 bits per heavy atom. The van der Waals surface area contributed by atoms with Gasteiger partial charge in [-0.1, -0.05) is 41.4 Å². The molecule has 1 heterocycles. The zero-order valence-electron chi connectivity index (χ0n) is 17.2. The molecule has 0 aromatic heterocycles. The first-order valence-electron chi connectivity index (χ1n) is 9.65. The van der Waals surface area contributed by atoms with Gasteiger partial charge in [-0.15, -0.1) is 0 Å². The Morgan fingerprint density at radius 3 is 2.30 bits per heavy atom. The van der Waals surface area contributed by atoms with Gasteiger partial charge in [-0.3, -0.25) is 15.0 Å². The highest BCUT2D eigenvalue weighted by Crippen LogP contribution is 2.30. The zero-order valence-corrected chi connectivity index (χ0v) is 18.7. The molecule has 0 bridgehead atoms. The SMILES string of the molecule is COc1ccc(Cl)cc1C(=O)Oc1ccc(Cl)cc1C=C1C(=O)NN(c2ccccc2)C1=O. The standard InChI is InChI=1S/C24H16Cl2N2O5/c1-32-21-10-8-16(26)13-18(21)24(31)33-20-9-7-15(25)11-14(20)12-19-22(29)27-28(23(19)30)17-5-3-2-4-6-17/h2-13H,1H3,(H,27,29). The van der Waals surface area contributed by atoms with Gasteiger partial charge in [0.05, 0.1) is 12.8 Å². The van der Waals surface area contributed by atoms with Crippen LogP contribution in [-0.2, 0) is 9.59 Å². The summed E-state index contributed by atoms with van der Waals surface area (Å²) in [6.07, 6.45) is 1.32. The average molecular weight is 483 g/mol. The molecule has 0 spiro atoms. The van der Waals surface area contributed by atoms with E-state index in [1.165, 1.54) is 37.5 Å². The molecule has 2 amide bonds. The summed E-state index contributed by atoms with van der Waals surface area (Å²) in [6, 6.07) is 17.7. The van der Waals surface area contributed by atoms with E-state index in [0.29, 0.717) is 15.7 Å². The minimum Gasteiger partial charge on any atom is -0.496 e. The Labute approximate surface area is 199 Å². The Bertz CT molecular complexity index is 1290. The topological polar surface area (TPSA) is 84.9 Å². The zero-order chi connectivity index (χ0) is 23.5. The lowest BCUT2D eigenvalue weighted by molar-refractivity contribution is -0.117. The van der Waals surface area contributed by atoms with E-state index in [9.17, 15) is 14.4 Å². The van der Waals surface area contributed by atoms with Crippen molar-refractivity contribution in [2.24, 2.45) is 0 Å². The van der Waals surface area contributed by atoms with Crippen molar-refractivity contribution in [1.82, 2.24) is 5.43 Å². The van der Waals surface area contributed by atoms with Gasteiger partial charge >= 0.3 is 5.97 Å². The number of hydrogen-bond donors (Lipinski definition) is 1. The number of hydrazine groups is 1. The van der Waals surface area contributed by atoms with Crippen molar-refractivity contribution in [3.63, 3.8) is 0 Å². The predicted molar refractivity (Wildman–Crippen MR) is 124 cm³/mol. The van der Waals surface area contributed by atoms with E-state index in [1.807, 2.05) is 0 Å². The van der Waals surface area contributed by atoms with E-state index < -0.39 is 17.8 Å². The molecule has 4 rings (SSSR count). The van der Waals surface area contributed by atoms with Crippen molar-refractivity contribution in [2.45, 2.75) is 0 Å². The van der Waals surface area contributed by atoms with E-state index in [1.54, 1.807) is 42.5 Å². The summed E-state index contributed by atoms with van der Waals surface area (Å²) in [7, 11) is 1.42. The van der Waals surface area contributed by atoms with Gasteiger partial charge in [0.15, 0.2) is 0 Å². The lowest BCUT2D eigenvalue weighted by Gasteiger charge is -2.14. The molecule has 1 N–H and O–H groups in total. The van der Waals surface area contributed by atoms with E-state index >= 15 is 0 Å². The van der Waals surface area contributed by atoms with Crippen LogP contribution >= 0.6 is 23.2 Å². The number of carbonyl (C=O) groups is 3. The number of methoxy groups -OCH3 is 1. The van der Waals surface area contributed by atoms with Crippen LogP contribution in [0.4, 0.5) is 5.69 Å². The Kier molecular flexibility index (Phi) is 6.35. The third-order valence-corrected chi connectivity index (χ3v) is 5.23. The lowest BCUT2D eigenvalue weighted by Crippen LogP contribution is -2.35. The van der Waals surface area contributed by atoms with Crippen LogP contribution in [-0.4, -0.2) is 24.9 Å². The van der Waals surface area contributed by atoms with E-state index in [4.69, 9.17) is 32.7 Å². The van der Waals surface area contributed by atoms with Crippen molar-refractivity contribution < 1.29 is 23.9 Å². The van der Waals surface area contributed by atoms with E-state index in [2.05, 4.69) is 5.43 Å². The molecule has 0 unspecified atom stereocenters. The van der Waals surface area contributed by atoms with Crippen molar-refractivity contribution in [3.8, 4) is 11.5 Å². The number of nitrogens with one attached hydrogen (secondary N) is 1. The molecule has 0 aliphatic carbocycles. The number of halogens is 2. The molecule has 7 nitrogen and oxygen atoms in total. The number of esters is 1. The summed E-state index contributed by atoms with van der Waals surface area (Å²) in [4.78, 5) is 38.2. The fourth-order valence-electron chi connectivity index (χ4n) is 3.19. The van der Waals surface area contributed by atoms with Gasteiger partial charge in [0.2, 0.25) is 0 Å². The van der Waals surface area contributed by atoms with Gasteiger partial charge in [-0.05, 0) is 54.6 Å². The number of amides is 2. The maximum Gasteiger partial charge on any atom is 0.347 e. The van der Waals surface area contributed by atoms with Crippen molar-refractivity contribution in [1.29, 1.82) is 0 Å². The summed E-state index contributed by atoms with van der Waals surface area (Å²) in [5.74, 6) is -1.51. The molecule has 1 fully saturated rings. The lowest BCUT2D eigenvalue weighted by atomic mass is 10.1. The van der Waals surface area contributed by atoms with Gasteiger partial charge in [-0.2, -0.15) is 0 Å². The molecule has 9 heteroatoms. The summed E-state index contributed by atoms with van der Waals surface area (Å²) in [5, 5.41) is 1.80. The van der Waals surface area contributed by atoms with Crippen LogP contribution in [0.1, 0.15) is 15.9 Å². The third kappa shape index (κ3) is 4.69. The smallest absolute Gasteiger partial charge is 0.347 e. The van der Waals surface area contributed by atoms with Crippen LogP contribution in [0.25, 0.3) is 6.08 Å². The molecule has 1 aliphatic heterocycles. The quantitative estimate of drug-likeness (QED) is 0.247. The van der Waals surface area contributed by atoms with Crippen LogP contribution in [0.2, 0.25) is 10.0 Å². The van der Waals surface area contributed by atoms with Crippen LogP contribution in [0, 0.1) is 0 Å². The van der Waals surface area contributed by atoms with Crippen molar-refractivity contribution in [3.05, 3.63) is 93.5 Å². The second-order valence-electron chi connectivity index (χ2n) is 6.89. The number of benzene rings is 3. The van der Waals surface area contributed by atoms with Gasteiger partial charge in [0.25, 0.3) is 11.8 Å². The first-order valence-corrected chi connectivity index (χ1v) is 10.4. The summed E-state index contributed by atoms with van der Waals surface area (Å²) in [6.45, 7) is 0. The summed E-state index contributed by atoms with van der Waals surface area (Å²) in [5.41, 5.74) is 3.26. The second kappa shape index (κ2) is 9.36. The number of ether oxygens (including phenoxy) is 2. The highest BCUT2D eigenvalue weighted by atomic mass is 35.5. The molecule has 1 aliphatic rings. The molecule has 33 heavy (non-hydrogen) atoms. The monoisotopic (exact) mass is 482 g/mol. The number of hydrogen-bond acceptors (Lipinski definition) is 5. The maximum absolute atomic E-state index is 12.9. The number of para-hydroxylation sites is 1. The molecular formula is C24H16Cl2N2O5. The largest absolute Gasteiger partial charge is 0.496 e. The van der Waals surface area contributed by atoms with Crippen LogP contribution in [0.5, 0.6) is 11.5 Å². The molecule has 1 saturated heterocycles. The number of carbonyl (C=O) groups excluding carboxylic acids is 3. The summed E-state index contributed by atoms with van der Waals surface area (Å²) >= 11 is 12.1. The molecule has 166 valence electrons. The van der Waals surface area contributed by atoms with E-state index in [-0.39, 0.29) is 28.2 Å². The normalized spacial score (nSPS) is 14.4. The minimum atomic E-state index is -0.732. The number of rotatable bonds is 5. The first kappa shape index (κ1) is 22.4. The fraction of sp³-hybridized carbons (Fsp3) is 0.0417. The van der Waals surface area contributed by atoms with Crippen LogP contribution in [0.3, 0.4) is 0 Å². The number of nitrogens with zero attached hydrogens (tertiary/aromatic N) is 1. The van der Waals surface area contributed by atoms with E-state index in [0.717, 1.165) is 5.01 Å². The van der Waals surface area contributed by atoms with Gasteiger partial charge < -0.3 is 9.47 Å². The number of anilines is 1. The summed E-state index contributed by atoms with van der Waals surface area (Å²) < 4.78 is 10.7. The maximum atomic E-state index is 12.9. The first-order chi connectivity index (χ1) is 15.9. The van der Waals surface area contributed by atoms with Gasteiger partial charge in [-0.25, -0.2) is 9.80 Å². The fourth-order valence-corrected chi connectivity index (χ4v) is 3.54. The minimum absolute atomic E-state index is 0.0951. The Balaban J connectivity index is 1.68. The highest BCUT2D eigenvalue weighted by Gasteiger charge is 2.34. The van der Waals surface area contributed by atoms with Crippen LogP contribution < -0.4 is 19.9 Å². The van der Waals surface area contributed by atoms with Crippen LogP contribution in [0.15, 0.2) is 72.3 Å². The molecule has 0 saturated carbocycles. The molecular weight excluding hydrogens is 467 g/mol. The van der Waals surface area contributed by atoms with Crippen molar-refractivity contribution >= 4 is 52.7 Å². The molecule has 3 aromatic rings. The molecule has 0 radical (unpaired) electrons.